The van der Waals surface area contributed by atoms with Crippen molar-refractivity contribution >= 4 is 30.0 Å². The van der Waals surface area contributed by atoms with E-state index in [4.69, 9.17) is 28.4 Å². The van der Waals surface area contributed by atoms with Crippen molar-refractivity contribution in [1.82, 2.24) is 10.6 Å². The van der Waals surface area contributed by atoms with Gasteiger partial charge in [0, 0.05) is 37.8 Å². The number of allylic oxidation sites excluding steroid dienone is 6. The molecule has 1 amide bonds. The average Bonchev–Trinajstić information content (AvgIpc) is 3.31. The molecule has 0 aromatic heterocycles. The van der Waals surface area contributed by atoms with Crippen molar-refractivity contribution in [2.45, 2.75) is 195 Å². The molecule has 13 nitrogen and oxygen atoms in total. The maximum absolute atomic E-state index is 12.9. The van der Waals surface area contributed by atoms with Crippen molar-refractivity contribution < 1.29 is 52.4 Å². The SMILES string of the molecule is CCC(C)C(=O)OC1CC(C)C=C2C=CC(C)C(CCC3CC(OCCNCCCCCCNC(=O)OC4CC(=O)OC(CCC5C(C)C=CC6=CC(C)CC(OC(=O)C(C)CC)C65)C4)CC(=O)O3)C21. The molecule has 2 saturated heterocycles. The summed E-state index contributed by atoms with van der Waals surface area (Å²) in [4.78, 5) is 63.9. The van der Waals surface area contributed by atoms with Crippen molar-refractivity contribution in [1.29, 1.82) is 0 Å². The number of esters is 4. The largest absolute Gasteiger partial charge is 0.462 e. The summed E-state index contributed by atoms with van der Waals surface area (Å²) in [6.45, 7) is 19.3. The highest BCUT2D eigenvalue weighted by molar-refractivity contribution is 5.73. The van der Waals surface area contributed by atoms with E-state index in [-0.39, 0.29) is 103 Å². The molecule has 2 heterocycles. The zero-order chi connectivity index (χ0) is 50.3. The smallest absolute Gasteiger partial charge is 0.407 e. The molecule has 392 valence electrons. The number of ether oxygens (including phenoxy) is 6. The van der Waals surface area contributed by atoms with E-state index >= 15 is 0 Å². The maximum Gasteiger partial charge on any atom is 0.407 e. The third-order valence-corrected chi connectivity index (χ3v) is 16.3. The number of cyclic esters (lactones) is 2. The average molecular weight is 977 g/mol. The number of fused-ring (bicyclic) bond motifs is 2. The van der Waals surface area contributed by atoms with Gasteiger partial charge in [-0.2, -0.15) is 0 Å². The van der Waals surface area contributed by atoms with Gasteiger partial charge in [0.15, 0.2) is 0 Å². The molecule has 70 heavy (non-hydrogen) atoms. The molecule has 0 spiro atoms. The lowest BCUT2D eigenvalue weighted by atomic mass is 9.65. The van der Waals surface area contributed by atoms with Crippen molar-refractivity contribution in [2.24, 2.45) is 59.2 Å². The van der Waals surface area contributed by atoms with Crippen molar-refractivity contribution in [3.05, 3.63) is 47.6 Å². The first-order valence-electron chi connectivity index (χ1n) is 27.5. The van der Waals surface area contributed by atoms with E-state index in [0.717, 1.165) is 77.2 Å². The normalized spacial score (nSPS) is 33.5. The third-order valence-electron chi connectivity index (χ3n) is 16.3. The van der Waals surface area contributed by atoms with Gasteiger partial charge in [0.05, 0.1) is 37.4 Å². The van der Waals surface area contributed by atoms with Crippen LogP contribution in [0.4, 0.5) is 4.79 Å². The van der Waals surface area contributed by atoms with Crippen LogP contribution < -0.4 is 10.6 Å². The maximum atomic E-state index is 12.9. The van der Waals surface area contributed by atoms with Gasteiger partial charge in [0.2, 0.25) is 0 Å². The van der Waals surface area contributed by atoms with Crippen LogP contribution in [-0.2, 0) is 47.6 Å². The van der Waals surface area contributed by atoms with Crippen molar-refractivity contribution in [3.63, 3.8) is 0 Å². The minimum atomic E-state index is -0.531. The number of hydrogen-bond acceptors (Lipinski definition) is 12. The molecule has 13 heteroatoms. The van der Waals surface area contributed by atoms with Gasteiger partial charge in [-0.1, -0.05) is 105 Å². The molecule has 0 radical (unpaired) electrons. The van der Waals surface area contributed by atoms with Crippen LogP contribution >= 0.6 is 0 Å². The molecule has 0 bridgehead atoms. The minimum Gasteiger partial charge on any atom is -0.462 e. The van der Waals surface area contributed by atoms with Crippen LogP contribution in [0.3, 0.4) is 0 Å². The standard InChI is InChI=1S/C57H88N2O11/c1-9-37(5)55(62)69-49-29-35(3)27-41-17-15-39(7)47(53(41)49)21-19-43-31-45(33-51(60)66-43)65-26-25-58-23-13-11-12-14-24-59-57(64)68-46-32-44(67-52(61)34-46)20-22-48-40(8)16-18-42-28-36(4)30-50(54(42)48)70-56(63)38(6)10-2/h15-18,27-28,35-40,43-50,53-54,58H,9-14,19-26,29-34H2,1-8H3,(H,59,64). The first-order chi connectivity index (χ1) is 33.6. The Kier molecular flexibility index (Phi) is 21.5. The van der Waals surface area contributed by atoms with Crippen molar-refractivity contribution in [2.75, 3.05) is 26.2 Å². The number of hydrogen-bond donors (Lipinski definition) is 2. The van der Waals surface area contributed by atoms with E-state index in [1.165, 1.54) is 11.1 Å². The topological polar surface area (TPSA) is 165 Å². The molecule has 16 atom stereocenters. The highest BCUT2D eigenvalue weighted by Crippen LogP contribution is 2.47. The molecule has 0 saturated carbocycles. The monoisotopic (exact) mass is 977 g/mol. The lowest BCUT2D eigenvalue weighted by molar-refractivity contribution is -0.164. The number of rotatable bonds is 24. The van der Waals surface area contributed by atoms with E-state index in [2.05, 4.69) is 74.8 Å². The predicted octanol–water partition coefficient (Wildman–Crippen LogP) is 10.3. The second-order valence-corrected chi connectivity index (χ2v) is 22.0. The molecule has 0 aromatic rings. The van der Waals surface area contributed by atoms with Crippen LogP contribution in [-0.4, -0.2) is 92.8 Å². The Morgan fingerprint density at radius 2 is 1.11 bits per heavy atom. The van der Waals surface area contributed by atoms with Crippen LogP contribution in [0.25, 0.3) is 0 Å². The Labute approximate surface area is 419 Å². The molecule has 6 aliphatic rings. The number of amides is 1. The predicted molar refractivity (Wildman–Crippen MR) is 269 cm³/mol. The van der Waals surface area contributed by atoms with Gasteiger partial charge in [0.25, 0.3) is 0 Å². The molecule has 2 aliphatic heterocycles. The summed E-state index contributed by atoms with van der Waals surface area (Å²) in [5, 5.41) is 6.33. The number of unbranched alkanes of at least 4 members (excludes halogenated alkanes) is 3. The Morgan fingerprint density at radius 3 is 1.63 bits per heavy atom. The fourth-order valence-electron chi connectivity index (χ4n) is 11.9. The quantitative estimate of drug-likeness (QED) is 0.0535. The minimum absolute atomic E-state index is 0.0527. The molecule has 16 unspecified atom stereocenters. The van der Waals surface area contributed by atoms with E-state index < -0.39 is 12.2 Å². The zero-order valence-electron chi connectivity index (χ0n) is 43.8. The summed E-state index contributed by atoms with van der Waals surface area (Å²) < 4.78 is 35.9. The summed E-state index contributed by atoms with van der Waals surface area (Å²) in [6.07, 6.45) is 23.1. The number of carbonyl (C=O) groups excluding carboxylic acids is 5. The summed E-state index contributed by atoms with van der Waals surface area (Å²) in [7, 11) is 0. The number of carbonyl (C=O) groups is 5. The summed E-state index contributed by atoms with van der Waals surface area (Å²) in [5.41, 5.74) is 2.51. The molecule has 6 rings (SSSR count). The zero-order valence-corrected chi connectivity index (χ0v) is 43.8. The van der Waals surface area contributed by atoms with Gasteiger partial charge in [-0.15, -0.1) is 0 Å². The molecular weight excluding hydrogens is 889 g/mol. The second-order valence-electron chi connectivity index (χ2n) is 22.0. The third kappa shape index (κ3) is 16.0. The van der Waals surface area contributed by atoms with E-state index in [1.54, 1.807) is 0 Å². The molecule has 4 aliphatic carbocycles. The Hall–Kier alpha value is -3.97. The van der Waals surface area contributed by atoms with E-state index in [1.807, 2.05) is 27.7 Å². The first-order valence-corrected chi connectivity index (χ1v) is 27.5. The first kappa shape index (κ1) is 55.3. The van der Waals surface area contributed by atoms with E-state index in [9.17, 15) is 24.0 Å². The molecule has 2 N–H and O–H groups in total. The summed E-state index contributed by atoms with van der Waals surface area (Å²) in [6, 6.07) is 0. The van der Waals surface area contributed by atoms with Gasteiger partial charge in [0.1, 0.15) is 30.5 Å². The van der Waals surface area contributed by atoms with Crippen LogP contribution in [0.2, 0.25) is 0 Å². The fourth-order valence-corrected chi connectivity index (χ4v) is 11.9. The summed E-state index contributed by atoms with van der Waals surface area (Å²) in [5.74, 6) is 1.01. The Balaban J connectivity index is 0.819. The molecular formula is C57H88N2O11. The number of alkyl carbamates (subject to hydrolysis) is 1. The van der Waals surface area contributed by atoms with Crippen LogP contribution in [0.1, 0.15) is 158 Å². The van der Waals surface area contributed by atoms with Gasteiger partial charge in [-0.25, -0.2) is 4.79 Å². The van der Waals surface area contributed by atoms with Crippen LogP contribution in [0.5, 0.6) is 0 Å². The lowest BCUT2D eigenvalue weighted by Gasteiger charge is -2.43. The highest BCUT2D eigenvalue weighted by Gasteiger charge is 2.44. The van der Waals surface area contributed by atoms with Gasteiger partial charge in [-0.05, 0) is 117 Å². The Bertz CT molecular complexity index is 1880. The van der Waals surface area contributed by atoms with Crippen molar-refractivity contribution in [3.8, 4) is 0 Å². The Morgan fingerprint density at radius 1 is 0.629 bits per heavy atom. The second kappa shape index (κ2) is 27.2. The molecule has 2 fully saturated rings. The van der Waals surface area contributed by atoms with Crippen LogP contribution in [0.15, 0.2) is 47.6 Å². The van der Waals surface area contributed by atoms with Crippen LogP contribution in [0, 0.1) is 59.2 Å². The lowest BCUT2D eigenvalue weighted by Crippen LogP contribution is -2.42. The van der Waals surface area contributed by atoms with E-state index in [0.29, 0.717) is 62.6 Å². The van der Waals surface area contributed by atoms with Gasteiger partial charge in [-0.3, -0.25) is 19.2 Å². The fraction of sp³-hybridized carbons (Fsp3) is 0.772. The highest BCUT2D eigenvalue weighted by atomic mass is 16.6. The number of nitrogens with one attached hydrogen (secondary N) is 2. The summed E-state index contributed by atoms with van der Waals surface area (Å²) >= 11 is 0. The van der Waals surface area contributed by atoms with Gasteiger partial charge >= 0.3 is 30.0 Å². The molecule has 0 aromatic carbocycles. The van der Waals surface area contributed by atoms with Gasteiger partial charge < -0.3 is 39.1 Å².